The molecular weight excluding hydrogens is 216 g/mol. The number of rotatable bonds is 5. The summed E-state index contributed by atoms with van der Waals surface area (Å²) in [6, 6.07) is 11.5. The third-order valence-electron chi connectivity index (χ3n) is 2.33. The molecule has 0 unspecified atom stereocenters. The van der Waals surface area contributed by atoms with Gasteiger partial charge in [-0.05, 0) is 11.6 Å². The van der Waals surface area contributed by atoms with Crippen molar-refractivity contribution in [3.8, 4) is 0 Å². The van der Waals surface area contributed by atoms with Gasteiger partial charge in [0, 0.05) is 11.8 Å². The Morgan fingerprint density at radius 1 is 1.29 bits per heavy atom. The van der Waals surface area contributed by atoms with Crippen molar-refractivity contribution in [1.82, 2.24) is 4.98 Å². The summed E-state index contributed by atoms with van der Waals surface area (Å²) in [5.41, 5.74) is 7.29. The first-order valence-electron chi connectivity index (χ1n) is 5.23. The Hall–Kier alpha value is -2.07. The summed E-state index contributed by atoms with van der Waals surface area (Å²) >= 11 is 0. The first-order valence-corrected chi connectivity index (χ1v) is 5.23. The van der Waals surface area contributed by atoms with Crippen LogP contribution in [0.5, 0.6) is 0 Å². The van der Waals surface area contributed by atoms with E-state index in [2.05, 4.69) is 4.98 Å². The maximum atomic E-state index is 11.0. The lowest BCUT2D eigenvalue weighted by atomic mass is 10.2. The minimum atomic E-state index is -0.496. The van der Waals surface area contributed by atoms with Gasteiger partial charge < -0.3 is 15.5 Å². The van der Waals surface area contributed by atoms with Crippen molar-refractivity contribution in [3.05, 3.63) is 66.0 Å². The van der Waals surface area contributed by atoms with E-state index in [0.29, 0.717) is 17.9 Å². The number of nitrogens with one attached hydrogen (secondary N) is 1. The van der Waals surface area contributed by atoms with Gasteiger partial charge in [-0.3, -0.25) is 4.79 Å². The van der Waals surface area contributed by atoms with Gasteiger partial charge in [-0.1, -0.05) is 30.3 Å². The summed E-state index contributed by atoms with van der Waals surface area (Å²) < 4.78 is 5.40. The van der Waals surface area contributed by atoms with E-state index < -0.39 is 5.91 Å². The molecule has 87 valence electrons. The lowest BCUT2D eigenvalue weighted by Crippen LogP contribution is -2.13. The van der Waals surface area contributed by atoms with E-state index in [1.165, 1.54) is 6.61 Å². The second kappa shape index (κ2) is 5.32. The number of hydrogen-bond donors (Lipinski definition) is 2. The van der Waals surface area contributed by atoms with Crippen molar-refractivity contribution < 1.29 is 9.53 Å². The lowest BCUT2D eigenvalue weighted by molar-refractivity contribution is 0.0993. The number of primary amides is 1. The monoisotopic (exact) mass is 229 g/mol. The number of hydrogen-bond acceptors (Lipinski definition) is 2. The minimum Gasteiger partial charge on any atom is -0.366 e. The van der Waals surface area contributed by atoms with E-state index in [0.717, 1.165) is 5.56 Å². The first kappa shape index (κ1) is 11.4. The molecule has 2 rings (SSSR count). The quantitative estimate of drug-likeness (QED) is 0.821. The van der Waals surface area contributed by atoms with Crippen molar-refractivity contribution >= 4 is 5.91 Å². The fourth-order valence-corrected chi connectivity index (χ4v) is 1.49. The molecule has 1 radical (unpaired) electrons. The van der Waals surface area contributed by atoms with Crippen LogP contribution in [0.2, 0.25) is 0 Å². The molecule has 1 amide bonds. The molecule has 0 atom stereocenters. The highest BCUT2D eigenvalue weighted by molar-refractivity contribution is 5.92. The lowest BCUT2D eigenvalue weighted by Gasteiger charge is -2.03. The van der Waals surface area contributed by atoms with Crippen LogP contribution in [-0.4, -0.2) is 10.9 Å². The Bertz CT molecular complexity index is 491. The molecule has 1 heterocycles. The fourth-order valence-electron chi connectivity index (χ4n) is 1.49. The molecule has 1 aromatic carbocycles. The Morgan fingerprint density at radius 2 is 2.06 bits per heavy atom. The second-order valence-corrected chi connectivity index (χ2v) is 3.59. The highest BCUT2D eigenvalue weighted by Crippen LogP contribution is 2.11. The smallest absolute Gasteiger partial charge is 0.265 e. The molecule has 17 heavy (non-hydrogen) atoms. The zero-order valence-corrected chi connectivity index (χ0v) is 9.22. The van der Waals surface area contributed by atoms with Gasteiger partial charge in [0.05, 0.1) is 6.61 Å². The molecule has 2 aromatic rings. The zero-order valence-electron chi connectivity index (χ0n) is 9.22. The van der Waals surface area contributed by atoms with Gasteiger partial charge in [0.1, 0.15) is 12.3 Å². The van der Waals surface area contributed by atoms with Gasteiger partial charge in [0.15, 0.2) is 0 Å². The van der Waals surface area contributed by atoms with Crippen LogP contribution < -0.4 is 5.73 Å². The average molecular weight is 229 g/mol. The highest BCUT2D eigenvalue weighted by Gasteiger charge is 2.09. The molecule has 0 aliphatic heterocycles. The fraction of sp³-hybridized carbons (Fsp3) is 0.0769. The largest absolute Gasteiger partial charge is 0.366 e. The second-order valence-electron chi connectivity index (χ2n) is 3.59. The number of nitrogens with two attached hydrogens (primary N) is 1. The van der Waals surface area contributed by atoms with Gasteiger partial charge in [0.25, 0.3) is 5.91 Å². The predicted molar refractivity (Wildman–Crippen MR) is 63.9 cm³/mol. The third kappa shape index (κ3) is 2.95. The number of benzene rings is 1. The highest BCUT2D eigenvalue weighted by atomic mass is 16.5. The van der Waals surface area contributed by atoms with Crippen LogP contribution in [0.4, 0.5) is 0 Å². The normalized spacial score (nSPS) is 10.4. The van der Waals surface area contributed by atoms with Crippen LogP contribution in [0.15, 0.2) is 42.6 Å². The van der Waals surface area contributed by atoms with Crippen molar-refractivity contribution in [3.63, 3.8) is 0 Å². The number of ether oxygens (including phenoxy) is 1. The van der Waals surface area contributed by atoms with Gasteiger partial charge in [-0.25, -0.2) is 0 Å². The number of aromatic nitrogens is 1. The van der Waals surface area contributed by atoms with E-state index in [-0.39, 0.29) is 0 Å². The summed E-state index contributed by atoms with van der Waals surface area (Å²) in [6.45, 7) is 1.99. The molecule has 4 nitrogen and oxygen atoms in total. The molecule has 0 aliphatic rings. The molecule has 3 N–H and O–H groups in total. The zero-order chi connectivity index (χ0) is 12.1. The van der Waals surface area contributed by atoms with Crippen molar-refractivity contribution in [2.75, 3.05) is 0 Å². The Balaban J connectivity index is 1.90. The van der Waals surface area contributed by atoms with Crippen LogP contribution in [0.1, 0.15) is 21.6 Å². The topological polar surface area (TPSA) is 68.1 Å². The number of H-pyrrole nitrogens is 1. The van der Waals surface area contributed by atoms with Gasteiger partial charge in [-0.15, -0.1) is 0 Å². The summed E-state index contributed by atoms with van der Waals surface area (Å²) in [6.07, 6.45) is 1.65. The number of carbonyl (C=O) groups excluding carboxylic acids is 1. The van der Waals surface area contributed by atoms with Crippen LogP contribution in [0.25, 0.3) is 0 Å². The van der Waals surface area contributed by atoms with E-state index in [9.17, 15) is 4.79 Å². The number of aromatic amines is 1. The molecule has 0 aliphatic carbocycles. The molecule has 0 saturated carbocycles. The van der Waals surface area contributed by atoms with Crippen molar-refractivity contribution in [1.29, 1.82) is 0 Å². The van der Waals surface area contributed by atoms with Gasteiger partial charge in [-0.2, -0.15) is 0 Å². The number of amides is 1. The Labute approximate surface area is 99.4 Å². The Kier molecular flexibility index (Phi) is 3.57. The van der Waals surface area contributed by atoms with E-state index in [1.807, 2.05) is 30.3 Å². The SMILES string of the molecule is NC(=O)c1[nH]ccc1[CH]OCc1ccccc1. The summed E-state index contributed by atoms with van der Waals surface area (Å²) in [5.74, 6) is -0.496. The molecule has 4 heteroatoms. The minimum absolute atomic E-state index is 0.359. The van der Waals surface area contributed by atoms with Crippen LogP contribution in [-0.2, 0) is 11.3 Å². The first-order chi connectivity index (χ1) is 8.27. The van der Waals surface area contributed by atoms with Gasteiger partial charge in [0.2, 0.25) is 0 Å². The van der Waals surface area contributed by atoms with Crippen molar-refractivity contribution in [2.24, 2.45) is 5.73 Å². The van der Waals surface area contributed by atoms with Crippen molar-refractivity contribution in [2.45, 2.75) is 6.61 Å². The maximum absolute atomic E-state index is 11.0. The van der Waals surface area contributed by atoms with E-state index >= 15 is 0 Å². The maximum Gasteiger partial charge on any atom is 0.265 e. The van der Waals surface area contributed by atoms with Crippen LogP contribution in [0, 0.1) is 6.61 Å². The average Bonchev–Trinajstić information content (AvgIpc) is 2.79. The Morgan fingerprint density at radius 3 is 2.76 bits per heavy atom. The summed E-state index contributed by atoms with van der Waals surface area (Å²) in [4.78, 5) is 13.8. The molecule has 1 aromatic heterocycles. The van der Waals surface area contributed by atoms with Crippen LogP contribution in [0.3, 0.4) is 0 Å². The third-order valence-corrected chi connectivity index (χ3v) is 2.33. The van der Waals surface area contributed by atoms with E-state index in [1.54, 1.807) is 12.3 Å². The summed E-state index contributed by atoms with van der Waals surface area (Å²) in [5, 5.41) is 0. The summed E-state index contributed by atoms with van der Waals surface area (Å²) in [7, 11) is 0. The van der Waals surface area contributed by atoms with Crippen LogP contribution >= 0.6 is 0 Å². The number of carbonyl (C=O) groups is 1. The van der Waals surface area contributed by atoms with E-state index in [4.69, 9.17) is 10.5 Å². The molecule has 0 bridgehead atoms. The van der Waals surface area contributed by atoms with Gasteiger partial charge >= 0.3 is 0 Å². The molecule has 0 saturated heterocycles. The molecule has 0 fully saturated rings. The molecule has 0 spiro atoms. The predicted octanol–water partition coefficient (Wildman–Crippen LogP) is 1.84. The molecular formula is C13H13N2O2. The standard InChI is InChI=1S/C13H13N2O2/c14-13(16)12-11(6-7-15-12)9-17-8-10-4-2-1-3-5-10/h1-7,9,15H,8H2,(H2,14,16).